The first kappa shape index (κ1) is 15.2. The molecule has 0 radical (unpaired) electrons. The second-order valence-electron chi connectivity index (χ2n) is 2.66. The van der Waals surface area contributed by atoms with Gasteiger partial charge in [-0.1, -0.05) is 12.2 Å². The molecule has 0 unspecified atom stereocenters. The maximum atomic E-state index is 9.90. The van der Waals surface area contributed by atoms with Crippen LogP contribution < -0.4 is 0 Å². The number of allylic oxidation sites excluding steroid dienone is 2. The molecule has 0 fully saturated rings. The van der Waals surface area contributed by atoms with Crippen molar-refractivity contribution in [3.05, 3.63) is 12.2 Å². The lowest BCUT2D eigenvalue weighted by Crippen LogP contribution is -1.97. The summed E-state index contributed by atoms with van der Waals surface area (Å²) in [6, 6.07) is 0. The zero-order chi connectivity index (χ0) is 11.4. The van der Waals surface area contributed by atoms with Crippen molar-refractivity contribution in [1.29, 1.82) is 0 Å². The number of hydrogen-bond acceptors (Lipinski definition) is 2. The van der Waals surface area contributed by atoms with Gasteiger partial charge in [0.1, 0.15) is 0 Å². The summed E-state index contributed by atoms with van der Waals surface area (Å²) in [5.74, 6) is -1.74. The summed E-state index contributed by atoms with van der Waals surface area (Å²) in [7, 11) is 0. The average molecular weight is 202 g/mol. The van der Waals surface area contributed by atoms with Gasteiger partial charge >= 0.3 is 11.9 Å². The fraction of sp³-hybridized carbons (Fsp3) is 0.600. The predicted octanol–water partition coefficient (Wildman–Crippen LogP) is 2.30. The maximum Gasteiger partial charge on any atom is 0.303 e. The number of carbonyl (C=O) groups is 2. The third-order valence-corrected chi connectivity index (χ3v) is 1.36. The molecule has 4 heteroatoms. The van der Waals surface area contributed by atoms with E-state index in [4.69, 9.17) is 10.2 Å². The summed E-state index contributed by atoms with van der Waals surface area (Å²) >= 11 is 0. The van der Waals surface area contributed by atoms with Crippen molar-refractivity contribution in [2.45, 2.75) is 39.5 Å². The highest BCUT2D eigenvalue weighted by Gasteiger charge is 1.99. The second-order valence-corrected chi connectivity index (χ2v) is 2.66. The summed E-state index contributed by atoms with van der Waals surface area (Å²) in [6.07, 6.45) is 5.02. The fourth-order valence-electron chi connectivity index (χ4n) is 0.552. The van der Waals surface area contributed by atoms with Crippen LogP contribution in [0.3, 0.4) is 0 Å². The zero-order valence-electron chi connectivity index (χ0n) is 8.69. The lowest BCUT2D eigenvalue weighted by atomic mass is 10.2. The first-order valence-electron chi connectivity index (χ1n) is 4.55. The number of unbranched alkanes of at least 4 members (excludes halogenated alkanes) is 1. The normalized spacial score (nSPS) is 9.29. The Morgan fingerprint density at radius 2 is 1.21 bits per heavy atom. The van der Waals surface area contributed by atoms with Crippen LogP contribution >= 0.6 is 0 Å². The molecule has 0 atom stereocenters. The van der Waals surface area contributed by atoms with Crippen LogP contribution in [0.1, 0.15) is 39.5 Å². The molecular weight excluding hydrogens is 184 g/mol. The van der Waals surface area contributed by atoms with Crippen LogP contribution in [0.2, 0.25) is 0 Å². The Balaban J connectivity index is 0. The first-order valence-corrected chi connectivity index (χ1v) is 4.55. The Bertz CT molecular complexity index is 165. The number of rotatable bonds is 5. The third kappa shape index (κ3) is 22.4. The number of aliphatic carboxylic acids is 2. The van der Waals surface area contributed by atoms with Crippen molar-refractivity contribution in [2.75, 3.05) is 0 Å². The van der Waals surface area contributed by atoms with E-state index in [-0.39, 0.29) is 12.8 Å². The van der Waals surface area contributed by atoms with Crippen LogP contribution in [0.5, 0.6) is 0 Å². The van der Waals surface area contributed by atoms with Gasteiger partial charge in [0.05, 0.1) is 0 Å². The minimum absolute atomic E-state index is 0.0628. The molecule has 14 heavy (non-hydrogen) atoms. The van der Waals surface area contributed by atoms with Crippen molar-refractivity contribution in [3.63, 3.8) is 0 Å². The molecule has 0 spiro atoms. The molecule has 0 bridgehead atoms. The van der Waals surface area contributed by atoms with Gasteiger partial charge in [-0.05, 0) is 26.7 Å². The highest BCUT2D eigenvalue weighted by Crippen LogP contribution is 1.98. The molecule has 0 saturated heterocycles. The summed E-state index contributed by atoms with van der Waals surface area (Å²) < 4.78 is 0. The number of carboxylic acids is 2. The lowest BCUT2D eigenvalue weighted by molar-refractivity contribution is -0.139. The zero-order valence-corrected chi connectivity index (χ0v) is 8.69. The van der Waals surface area contributed by atoms with Crippen LogP contribution in [-0.4, -0.2) is 22.2 Å². The summed E-state index contributed by atoms with van der Waals surface area (Å²) in [4.78, 5) is 19.8. The molecule has 0 rings (SSSR count). The van der Waals surface area contributed by atoms with Crippen LogP contribution in [-0.2, 0) is 9.59 Å². The van der Waals surface area contributed by atoms with Crippen molar-refractivity contribution < 1.29 is 19.8 Å². The van der Waals surface area contributed by atoms with Gasteiger partial charge < -0.3 is 10.2 Å². The maximum absolute atomic E-state index is 9.90. The monoisotopic (exact) mass is 202 g/mol. The van der Waals surface area contributed by atoms with Gasteiger partial charge in [-0.15, -0.1) is 0 Å². The average Bonchev–Trinajstić information content (AvgIpc) is 2.12. The molecule has 0 aromatic heterocycles. The topological polar surface area (TPSA) is 74.6 Å². The summed E-state index contributed by atoms with van der Waals surface area (Å²) in [6.45, 7) is 4.00. The Morgan fingerprint density at radius 1 is 0.929 bits per heavy atom. The van der Waals surface area contributed by atoms with Gasteiger partial charge in [-0.25, -0.2) is 0 Å². The van der Waals surface area contributed by atoms with E-state index in [1.807, 2.05) is 26.0 Å². The van der Waals surface area contributed by atoms with Crippen LogP contribution in [0, 0.1) is 0 Å². The molecule has 2 N–H and O–H groups in total. The van der Waals surface area contributed by atoms with Gasteiger partial charge in [0.25, 0.3) is 0 Å². The molecular formula is C10H18O4. The van der Waals surface area contributed by atoms with Crippen LogP contribution in [0.15, 0.2) is 12.2 Å². The fourth-order valence-corrected chi connectivity index (χ4v) is 0.552. The van der Waals surface area contributed by atoms with E-state index in [0.29, 0.717) is 12.8 Å². The van der Waals surface area contributed by atoms with Gasteiger partial charge in [-0.3, -0.25) is 9.59 Å². The lowest BCUT2D eigenvalue weighted by Gasteiger charge is -1.92. The minimum atomic E-state index is -0.870. The first-order chi connectivity index (χ1) is 6.54. The standard InChI is InChI=1S/C6H10O4.C4H8/c7-5(8)3-1-2-4-6(9)10;1-3-4-2/h1-4H2,(H,7,8)(H,9,10);3-4H,1-2H3/b;4-3+. The number of carboxylic acid groups (broad SMARTS) is 2. The van der Waals surface area contributed by atoms with E-state index in [9.17, 15) is 9.59 Å². The van der Waals surface area contributed by atoms with E-state index < -0.39 is 11.9 Å². The van der Waals surface area contributed by atoms with E-state index in [1.165, 1.54) is 0 Å². The van der Waals surface area contributed by atoms with Gasteiger partial charge in [0, 0.05) is 12.8 Å². The van der Waals surface area contributed by atoms with E-state index in [0.717, 1.165) is 0 Å². The second kappa shape index (κ2) is 11.7. The van der Waals surface area contributed by atoms with E-state index in [1.54, 1.807) is 0 Å². The third-order valence-electron chi connectivity index (χ3n) is 1.36. The highest BCUT2D eigenvalue weighted by atomic mass is 16.4. The minimum Gasteiger partial charge on any atom is -0.481 e. The van der Waals surface area contributed by atoms with Crippen LogP contribution in [0.25, 0.3) is 0 Å². The van der Waals surface area contributed by atoms with E-state index >= 15 is 0 Å². The molecule has 0 heterocycles. The smallest absolute Gasteiger partial charge is 0.303 e. The Morgan fingerprint density at radius 3 is 1.36 bits per heavy atom. The van der Waals surface area contributed by atoms with Crippen molar-refractivity contribution in [3.8, 4) is 0 Å². The highest BCUT2D eigenvalue weighted by molar-refractivity contribution is 5.67. The SMILES string of the molecule is C/C=C/C.O=C(O)CCCCC(=O)O. The predicted molar refractivity (Wildman–Crippen MR) is 54.2 cm³/mol. The molecule has 0 aliphatic carbocycles. The van der Waals surface area contributed by atoms with E-state index in [2.05, 4.69) is 0 Å². The van der Waals surface area contributed by atoms with Crippen molar-refractivity contribution in [1.82, 2.24) is 0 Å². The molecule has 0 aliphatic heterocycles. The molecule has 82 valence electrons. The summed E-state index contributed by atoms with van der Waals surface area (Å²) in [5, 5.41) is 16.3. The quantitative estimate of drug-likeness (QED) is 0.530. The number of hydrogen-bond donors (Lipinski definition) is 2. The Kier molecular flexibility index (Phi) is 12.7. The van der Waals surface area contributed by atoms with Crippen molar-refractivity contribution >= 4 is 11.9 Å². The van der Waals surface area contributed by atoms with Gasteiger partial charge in [0.15, 0.2) is 0 Å². The molecule has 0 amide bonds. The molecule has 0 aromatic carbocycles. The Hall–Kier alpha value is -1.32. The summed E-state index contributed by atoms with van der Waals surface area (Å²) in [5.41, 5.74) is 0. The van der Waals surface area contributed by atoms with Crippen LogP contribution in [0.4, 0.5) is 0 Å². The van der Waals surface area contributed by atoms with Gasteiger partial charge in [-0.2, -0.15) is 0 Å². The molecule has 0 saturated carbocycles. The Labute approximate surface area is 84.3 Å². The van der Waals surface area contributed by atoms with Crippen molar-refractivity contribution in [2.24, 2.45) is 0 Å². The largest absolute Gasteiger partial charge is 0.481 e. The molecule has 0 aromatic rings. The van der Waals surface area contributed by atoms with Gasteiger partial charge in [0.2, 0.25) is 0 Å². The molecule has 4 nitrogen and oxygen atoms in total. The molecule has 0 aliphatic rings.